The Hall–Kier alpha value is -2.35. The lowest BCUT2D eigenvalue weighted by Crippen LogP contribution is -2.48. The summed E-state index contributed by atoms with van der Waals surface area (Å²) >= 11 is 0. The highest BCUT2D eigenvalue weighted by Crippen LogP contribution is 2.39. The van der Waals surface area contributed by atoms with E-state index >= 15 is 0 Å². The van der Waals surface area contributed by atoms with Crippen molar-refractivity contribution in [3.05, 3.63) is 60.2 Å². The zero-order valence-electron chi connectivity index (χ0n) is 17.2. The molecule has 0 bridgehead atoms. The SMILES string of the molecule is O=C(NC[C@]1(c2ccccc2)CC[C@H](O)[C@@H](N2CCOCC2)CC1)c1ncccn1. The maximum absolute atomic E-state index is 12.6. The molecular weight excluding hydrogens is 380 g/mol. The monoisotopic (exact) mass is 410 g/mol. The number of benzene rings is 1. The Labute approximate surface area is 177 Å². The molecule has 7 heteroatoms. The highest BCUT2D eigenvalue weighted by Gasteiger charge is 2.40. The first-order valence-corrected chi connectivity index (χ1v) is 10.8. The molecule has 2 heterocycles. The van der Waals surface area contributed by atoms with Crippen molar-refractivity contribution < 1.29 is 14.6 Å². The maximum atomic E-state index is 12.6. The number of aliphatic hydroxyl groups excluding tert-OH is 1. The van der Waals surface area contributed by atoms with Crippen LogP contribution in [-0.2, 0) is 10.2 Å². The molecule has 1 aliphatic heterocycles. The number of morpholine rings is 1. The van der Waals surface area contributed by atoms with Crippen LogP contribution in [0.5, 0.6) is 0 Å². The van der Waals surface area contributed by atoms with Gasteiger partial charge in [0.1, 0.15) is 0 Å². The number of hydrogen-bond donors (Lipinski definition) is 2. The van der Waals surface area contributed by atoms with Crippen molar-refractivity contribution in [1.82, 2.24) is 20.2 Å². The van der Waals surface area contributed by atoms with Crippen molar-refractivity contribution in [2.45, 2.75) is 43.2 Å². The van der Waals surface area contributed by atoms with E-state index < -0.39 is 0 Å². The summed E-state index contributed by atoms with van der Waals surface area (Å²) in [5, 5.41) is 14.0. The first-order chi connectivity index (χ1) is 14.7. The summed E-state index contributed by atoms with van der Waals surface area (Å²) < 4.78 is 5.49. The van der Waals surface area contributed by atoms with Gasteiger partial charge in [0, 0.05) is 43.5 Å². The van der Waals surface area contributed by atoms with Crippen molar-refractivity contribution in [2.75, 3.05) is 32.8 Å². The summed E-state index contributed by atoms with van der Waals surface area (Å²) in [6.07, 6.45) is 6.07. The zero-order valence-corrected chi connectivity index (χ0v) is 17.2. The number of carbonyl (C=O) groups is 1. The van der Waals surface area contributed by atoms with E-state index in [4.69, 9.17) is 4.74 Å². The first-order valence-electron chi connectivity index (χ1n) is 10.8. The van der Waals surface area contributed by atoms with Gasteiger partial charge in [-0.2, -0.15) is 0 Å². The Kier molecular flexibility index (Phi) is 6.72. The topological polar surface area (TPSA) is 87.6 Å². The largest absolute Gasteiger partial charge is 0.391 e. The second kappa shape index (κ2) is 9.64. The van der Waals surface area contributed by atoms with E-state index in [-0.39, 0.29) is 29.3 Å². The van der Waals surface area contributed by atoms with E-state index in [9.17, 15) is 9.90 Å². The Balaban J connectivity index is 1.53. The number of aliphatic hydroxyl groups is 1. The second-order valence-electron chi connectivity index (χ2n) is 8.26. The van der Waals surface area contributed by atoms with Crippen LogP contribution in [-0.4, -0.2) is 70.9 Å². The minimum absolute atomic E-state index is 0.132. The van der Waals surface area contributed by atoms with Crippen molar-refractivity contribution >= 4 is 5.91 Å². The average Bonchev–Trinajstić information content (AvgIpc) is 2.99. The molecule has 3 atom stereocenters. The summed E-state index contributed by atoms with van der Waals surface area (Å²) in [6.45, 7) is 3.67. The number of hydrogen-bond acceptors (Lipinski definition) is 6. The molecule has 2 N–H and O–H groups in total. The molecule has 0 spiro atoms. The van der Waals surface area contributed by atoms with Gasteiger partial charge in [-0.25, -0.2) is 9.97 Å². The van der Waals surface area contributed by atoms with Crippen LogP contribution < -0.4 is 5.32 Å². The van der Waals surface area contributed by atoms with Gasteiger partial charge in [0.2, 0.25) is 5.82 Å². The smallest absolute Gasteiger partial charge is 0.289 e. The number of nitrogens with one attached hydrogen (secondary N) is 1. The van der Waals surface area contributed by atoms with Crippen LogP contribution in [0.1, 0.15) is 41.9 Å². The summed E-state index contributed by atoms with van der Waals surface area (Å²) in [4.78, 5) is 23.1. The molecule has 1 saturated heterocycles. The molecule has 2 aliphatic rings. The summed E-state index contributed by atoms with van der Waals surface area (Å²) in [6, 6.07) is 12.2. The van der Waals surface area contributed by atoms with Crippen molar-refractivity contribution in [3.63, 3.8) is 0 Å². The van der Waals surface area contributed by atoms with Gasteiger partial charge < -0.3 is 15.2 Å². The molecule has 1 aromatic carbocycles. The molecule has 1 aliphatic carbocycles. The second-order valence-corrected chi connectivity index (χ2v) is 8.26. The molecule has 4 rings (SSSR count). The lowest BCUT2D eigenvalue weighted by molar-refractivity contribution is -0.0236. The quantitative estimate of drug-likeness (QED) is 0.731. The van der Waals surface area contributed by atoms with Gasteiger partial charge in [-0.1, -0.05) is 30.3 Å². The number of amides is 1. The van der Waals surface area contributed by atoms with Crippen LogP contribution in [0.2, 0.25) is 0 Å². The van der Waals surface area contributed by atoms with Crippen LogP contribution in [0.3, 0.4) is 0 Å². The lowest BCUT2D eigenvalue weighted by atomic mass is 9.74. The first kappa shape index (κ1) is 20.9. The number of rotatable bonds is 5. The summed E-state index contributed by atoms with van der Waals surface area (Å²) in [7, 11) is 0. The highest BCUT2D eigenvalue weighted by molar-refractivity contribution is 5.90. The molecule has 2 aromatic rings. The number of ether oxygens (including phenoxy) is 1. The molecule has 7 nitrogen and oxygen atoms in total. The van der Waals surface area contributed by atoms with E-state index in [0.717, 1.165) is 45.6 Å². The van der Waals surface area contributed by atoms with Gasteiger partial charge in [0.05, 0.1) is 19.3 Å². The van der Waals surface area contributed by atoms with Crippen molar-refractivity contribution in [3.8, 4) is 0 Å². The molecule has 30 heavy (non-hydrogen) atoms. The third kappa shape index (κ3) is 4.69. The van der Waals surface area contributed by atoms with Crippen molar-refractivity contribution in [2.24, 2.45) is 0 Å². The third-order valence-electron chi connectivity index (χ3n) is 6.54. The standard InChI is InChI=1S/C23H30N4O3/c28-20-8-10-23(18-5-2-1-3-6-18,9-7-19(20)27-13-15-30-16-14-27)17-26-22(29)21-24-11-4-12-25-21/h1-6,11-12,19-20,28H,7-10,13-17H2,(H,26,29)/t19-,20-,23+/m0/s1. The number of carbonyl (C=O) groups excluding carboxylic acids is 1. The van der Waals surface area contributed by atoms with Gasteiger partial charge in [0.25, 0.3) is 5.91 Å². The van der Waals surface area contributed by atoms with E-state index in [1.807, 2.05) is 18.2 Å². The highest BCUT2D eigenvalue weighted by atomic mass is 16.5. The molecule has 0 unspecified atom stereocenters. The Morgan fingerprint density at radius 3 is 2.53 bits per heavy atom. The lowest BCUT2D eigenvalue weighted by Gasteiger charge is -2.37. The predicted molar refractivity (Wildman–Crippen MR) is 113 cm³/mol. The van der Waals surface area contributed by atoms with E-state index in [0.29, 0.717) is 13.0 Å². The Morgan fingerprint density at radius 1 is 1.10 bits per heavy atom. The zero-order chi connectivity index (χ0) is 20.8. The van der Waals surface area contributed by atoms with Gasteiger partial charge in [0.15, 0.2) is 0 Å². The normalized spacial score (nSPS) is 27.9. The fraction of sp³-hybridized carbons (Fsp3) is 0.522. The summed E-state index contributed by atoms with van der Waals surface area (Å²) in [5.74, 6) is -0.0824. The Bertz CT molecular complexity index is 814. The van der Waals surface area contributed by atoms with Gasteiger partial charge in [-0.15, -0.1) is 0 Å². The van der Waals surface area contributed by atoms with Crippen LogP contribution in [0, 0.1) is 0 Å². The fourth-order valence-electron chi connectivity index (χ4n) is 4.80. The van der Waals surface area contributed by atoms with E-state index in [1.54, 1.807) is 18.5 Å². The summed E-state index contributed by atoms with van der Waals surface area (Å²) in [5.41, 5.74) is 0.974. The molecule has 1 saturated carbocycles. The minimum atomic E-state index is -0.373. The number of nitrogens with zero attached hydrogens (tertiary/aromatic N) is 3. The molecule has 0 radical (unpaired) electrons. The minimum Gasteiger partial charge on any atom is -0.391 e. The molecular formula is C23H30N4O3. The van der Waals surface area contributed by atoms with E-state index in [2.05, 4.69) is 32.3 Å². The molecule has 160 valence electrons. The predicted octanol–water partition coefficient (Wildman–Crippen LogP) is 1.78. The van der Waals surface area contributed by atoms with E-state index in [1.165, 1.54) is 5.56 Å². The number of aromatic nitrogens is 2. The Morgan fingerprint density at radius 2 is 1.80 bits per heavy atom. The van der Waals surface area contributed by atoms with Crippen LogP contribution >= 0.6 is 0 Å². The van der Waals surface area contributed by atoms with Crippen LogP contribution in [0.4, 0.5) is 0 Å². The molecule has 2 fully saturated rings. The van der Waals surface area contributed by atoms with Gasteiger partial charge in [-0.3, -0.25) is 9.69 Å². The third-order valence-corrected chi connectivity index (χ3v) is 6.54. The van der Waals surface area contributed by atoms with Crippen LogP contribution in [0.25, 0.3) is 0 Å². The van der Waals surface area contributed by atoms with Crippen LogP contribution in [0.15, 0.2) is 48.8 Å². The molecule has 1 aromatic heterocycles. The maximum Gasteiger partial charge on any atom is 0.289 e. The van der Waals surface area contributed by atoms with Crippen molar-refractivity contribution in [1.29, 1.82) is 0 Å². The fourth-order valence-corrected chi connectivity index (χ4v) is 4.80. The van der Waals surface area contributed by atoms with Gasteiger partial charge in [-0.05, 0) is 37.3 Å². The van der Waals surface area contributed by atoms with Gasteiger partial charge >= 0.3 is 0 Å². The average molecular weight is 411 g/mol. The molecule has 1 amide bonds.